The van der Waals surface area contributed by atoms with E-state index in [1.54, 1.807) is 14.2 Å². The van der Waals surface area contributed by atoms with E-state index in [1.807, 2.05) is 30.3 Å². The van der Waals surface area contributed by atoms with E-state index in [1.165, 1.54) is 25.7 Å². The highest BCUT2D eigenvalue weighted by Gasteiger charge is 2.27. The minimum atomic E-state index is -0.0481. The predicted molar refractivity (Wildman–Crippen MR) is 106 cm³/mol. The highest BCUT2D eigenvalue weighted by atomic mass is 35.5. The second-order valence-corrected chi connectivity index (χ2v) is 6.59. The molecule has 0 amide bonds. The molecule has 2 aromatic rings. The summed E-state index contributed by atoms with van der Waals surface area (Å²) in [6.45, 7) is 0.501. The Bertz CT molecular complexity index is 687. The number of nitrogens with two attached hydrogens (primary N) is 1. The SMILES string of the molecule is COc1cc(OCc2ccccc2)c([C@@H](N)C2CCCC2)cc1OC.Cl. The Morgan fingerprint density at radius 2 is 1.58 bits per heavy atom. The van der Waals surface area contributed by atoms with Gasteiger partial charge in [-0.15, -0.1) is 12.4 Å². The van der Waals surface area contributed by atoms with Crippen molar-refractivity contribution in [2.45, 2.75) is 38.3 Å². The Labute approximate surface area is 162 Å². The Balaban J connectivity index is 0.00000243. The van der Waals surface area contributed by atoms with Crippen molar-refractivity contribution in [3.05, 3.63) is 53.6 Å². The first-order valence-corrected chi connectivity index (χ1v) is 8.91. The molecule has 5 heteroatoms. The first-order chi connectivity index (χ1) is 12.2. The molecule has 1 fully saturated rings. The summed E-state index contributed by atoms with van der Waals surface area (Å²) in [6.07, 6.45) is 4.86. The molecule has 1 saturated carbocycles. The second kappa shape index (κ2) is 9.70. The molecule has 0 radical (unpaired) electrons. The molecule has 1 aliphatic rings. The van der Waals surface area contributed by atoms with E-state index in [0.29, 0.717) is 24.0 Å². The fourth-order valence-electron chi connectivity index (χ4n) is 3.57. The topological polar surface area (TPSA) is 53.7 Å². The van der Waals surface area contributed by atoms with Crippen LogP contribution in [0.5, 0.6) is 17.2 Å². The van der Waals surface area contributed by atoms with Gasteiger partial charge in [-0.3, -0.25) is 0 Å². The molecule has 1 atom stereocenters. The first-order valence-electron chi connectivity index (χ1n) is 8.91. The summed E-state index contributed by atoms with van der Waals surface area (Å²) in [6, 6.07) is 14.0. The third-order valence-corrected chi connectivity index (χ3v) is 5.02. The van der Waals surface area contributed by atoms with Crippen molar-refractivity contribution >= 4 is 12.4 Å². The quantitative estimate of drug-likeness (QED) is 0.746. The van der Waals surface area contributed by atoms with Crippen LogP contribution in [0.1, 0.15) is 42.9 Å². The fourth-order valence-corrected chi connectivity index (χ4v) is 3.57. The maximum atomic E-state index is 6.61. The number of hydrogen-bond acceptors (Lipinski definition) is 4. The lowest BCUT2D eigenvalue weighted by Crippen LogP contribution is -2.20. The average molecular weight is 378 g/mol. The summed E-state index contributed by atoms with van der Waals surface area (Å²) in [5, 5.41) is 0. The predicted octanol–water partition coefficient (Wildman–Crippen LogP) is 4.89. The molecule has 2 aromatic carbocycles. The number of halogens is 1. The largest absolute Gasteiger partial charge is 0.493 e. The molecule has 0 unspecified atom stereocenters. The molecule has 0 heterocycles. The minimum Gasteiger partial charge on any atom is -0.493 e. The molecule has 0 bridgehead atoms. The van der Waals surface area contributed by atoms with E-state index >= 15 is 0 Å². The molecule has 0 aromatic heterocycles. The van der Waals surface area contributed by atoms with Crippen molar-refractivity contribution < 1.29 is 14.2 Å². The standard InChI is InChI=1S/C21H27NO3.ClH/c1-23-19-12-17(21(22)16-10-6-7-11-16)18(13-20(19)24-2)25-14-15-8-4-3-5-9-15;/h3-5,8-9,12-13,16,21H,6-7,10-11,14,22H2,1-2H3;1H/t21-;/m0./s1. The van der Waals surface area contributed by atoms with Crippen molar-refractivity contribution in [2.75, 3.05) is 14.2 Å². The van der Waals surface area contributed by atoms with Crippen LogP contribution in [-0.2, 0) is 6.61 Å². The zero-order chi connectivity index (χ0) is 17.6. The molecular weight excluding hydrogens is 350 g/mol. The third-order valence-electron chi connectivity index (χ3n) is 5.02. The molecule has 142 valence electrons. The number of rotatable bonds is 7. The van der Waals surface area contributed by atoms with Crippen LogP contribution in [0, 0.1) is 5.92 Å². The summed E-state index contributed by atoms with van der Waals surface area (Å²) in [7, 11) is 3.28. The van der Waals surface area contributed by atoms with Gasteiger partial charge in [0.2, 0.25) is 0 Å². The van der Waals surface area contributed by atoms with Crippen LogP contribution in [0.2, 0.25) is 0 Å². The van der Waals surface area contributed by atoms with E-state index in [2.05, 4.69) is 12.1 Å². The maximum absolute atomic E-state index is 6.61. The monoisotopic (exact) mass is 377 g/mol. The van der Waals surface area contributed by atoms with E-state index in [-0.39, 0.29) is 18.4 Å². The van der Waals surface area contributed by atoms with Crippen LogP contribution in [-0.4, -0.2) is 14.2 Å². The van der Waals surface area contributed by atoms with Gasteiger partial charge in [-0.1, -0.05) is 43.2 Å². The molecular formula is C21H28ClNO3. The summed E-state index contributed by atoms with van der Waals surface area (Å²) < 4.78 is 17.0. The van der Waals surface area contributed by atoms with Crippen LogP contribution in [0.3, 0.4) is 0 Å². The molecule has 1 aliphatic carbocycles. The Kier molecular flexibility index (Phi) is 7.61. The summed E-state index contributed by atoms with van der Waals surface area (Å²) in [4.78, 5) is 0. The number of hydrogen-bond donors (Lipinski definition) is 1. The maximum Gasteiger partial charge on any atom is 0.164 e. The lowest BCUT2D eigenvalue weighted by Gasteiger charge is -2.24. The van der Waals surface area contributed by atoms with Gasteiger partial charge in [-0.2, -0.15) is 0 Å². The van der Waals surface area contributed by atoms with Gasteiger partial charge < -0.3 is 19.9 Å². The van der Waals surface area contributed by atoms with Gasteiger partial charge in [0.05, 0.1) is 14.2 Å². The summed E-state index contributed by atoms with van der Waals surface area (Å²) in [5.41, 5.74) is 8.73. The number of ether oxygens (including phenoxy) is 3. The molecule has 0 spiro atoms. The molecule has 26 heavy (non-hydrogen) atoms. The molecule has 0 aliphatic heterocycles. The van der Waals surface area contributed by atoms with Gasteiger partial charge >= 0.3 is 0 Å². The lowest BCUT2D eigenvalue weighted by atomic mass is 9.91. The highest BCUT2D eigenvalue weighted by Crippen LogP contribution is 2.42. The van der Waals surface area contributed by atoms with Crippen LogP contribution in [0.15, 0.2) is 42.5 Å². The van der Waals surface area contributed by atoms with E-state index in [9.17, 15) is 0 Å². The van der Waals surface area contributed by atoms with Crippen molar-refractivity contribution in [3.8, 4) is 17.2 Å². The van der Waals surface area contributed by atoms with E-state index < -0.39 is 0 Å². The van der Waals surface area contributed by atoms with Crippen molar-refractivity contribution in [1.82, 2.24) is 0 Å². The van der Waals surface area contributed by atoms with Gasteiger partial charge in [0.1, 0.15) is 12.4 Å². The Morgan fingerprint density at radius 3 is 2.19 bits per heavy atom. The summed E-state index contributed by atoms with van der Waals surface area (Å²) in [5.74, 6) is 2.63. The molecule has 4 nitrogen and oxygen atoms in total. The van der Waals surface area contributed by atoms with Crippen molar-refractivity contribution in [1.29, 1.82) is 0 Å². The molecule has 0 saturated heterocycles. The van der Waals surface area contributed by atoms with Crippen LogP contribution >= 0.6 is 12.4 Å². The Hall–Kier alpha value is -1.91. The van der Waals surface area contributed by atoms with Gasteiger partial charge in [0, 0.05) is 17.7 Å². The second-order valence-electron chi connectivity index (χ2n) is 6.59. The van der Waals surface area contributed by atoms with Crippen LogP contribution in [0.25, 0.3) is 0 Å². The van der Waals surface area contributed by atoms with Gasteiger partial charge in [-0.05, 0) is 30.4 Å². The third kappa shape index (κ3) is 4.63. The van der Waals surface area contributed by atoms with Crippen LogP contribution in [0.4, 0.5) is 0 Å². The molecule has 3 rings (SSSR count). The minimum absolute atomic E-state index is 0. The zero-order valence-corrected chi connectivity index (χ0v) is 16.3. The molecule has 2 N–H and O–H groups in total. The lowest BCUT2D eigenvalue weighted by molar-refractivity contribution is 0.290. The average Bonchev–Trinajstić information content (AvgIpc) is 3.20. The normalized spacial score (nSPS) is 15.2. The van der Waals surface area contributed by atoms with Crippen LogP contribution < -0.4 is 19.9 Å². The van der Waals surface area contributed by atoms with E-state index in [4.69, 9.17) is 19.9 Å². The van der Waals surface area contributed by atoms with Gasteiger partial charge in [-0.25, -0.2) is 0 Å². The smallest absolute Gasteiger partial charge is 0.164 e. The van der Waals surface area contributed by atoms with Gasteiger partial charge in [0.15, 0.2) is 11.5 Å². The zero-order valence-electron chi connectivity index (χ0n) is 15.4. The highest BCUT2D eigenvalue weighted by molar-refractivity contribution is 5.85. The van der Waals surface area contributed by atoms with Crippen molar-refractivity contribution in [3.63, 3.8) is 0 Å². The fraction of sp³-hybridized carbons (Fsp3) is 0.429. The first kappa shape index (κ1) is 20.4. The van der Waals surface area contributed by atoms with Crippen molar-refractivity contribution in [2.24, 2.45) is 11.7 Å². The van der Waals surface area contributed by atoms with Gasteiger partial charge in [0.25, 0.3) is 0 Å². The summed E-state index contributed by atoms with van der Waals surface area (Å²) >= 11 is 0. The Morgan fingerprint density at radius 1 is 0.962 bits per heavy atom. The number of benzene rings is 2. The number of methoxy groups -OCH3 is 2. The van der Waals surface area contributed by atoms with E-state index in [0.717, 1.165) is 16.9 Å².